The van der Waals surface area contributed by atoms with Crippen LogP contribution in [-0.4, -0.2) is 45.8 Å². The maximum Gasteiger partial charge on any atom is 0.278 e. The maximum absolute atomic E-state index is 12.0. The van der Waals surface area contributed by atoms with E-state index in [2.05, 4.69) is 4.72 Å². The second-order valence-electron chi connectivity index (χ2n) is 5.19. The van der Waals surface area contributed by atoms with Crippen molar-refractivity contribution in [2.24, 2.45) is 5.92 Å². The largest absolute Gasteiger partial charge is 0.312 e. The summed E-state index contributed by atoms with van der Waals surface area (Å²) in [5.41, 5.74) is 0.780. The molecule has 8 heteroatoms. The molecule has 1 aromatic carbocycles. The van der Waals surface area contributed by atoms with Crippen LogP contribution in [0.2, 0.25) is 5.02 Å². The number of carbonyl (C=O) groups excluding carboxylic acids is 1. The van der Waals surface area contributed by atoms with Gasteiger partial charge in [0.2, 0.25) is 5.91 Å². The van der Waals surface area contributed by atoms with E-state index in [0.29, 0.717) is 18.0 Å². The lowest BCUT2D eigenvalue weighted by atomic mass is 10.1. The molecule has 0 aliphatic carbocycles. The minimum Gasteiger partial charge on any atom is -0.312 e. The topological polar surface area (TPSA) is 69.7 Å². The number of benzene rings is 1. The van der Waals surface area contributed by atoms with Crippen LogP contribution < -0.4 is 9.62 Å². The van der Waals surface area contributed by atoms with Gasteiger partial charge in [0.15, 0.2) is 0 Å². The fourth-order valence-corrected chi connectivity index (χ4v) is 2.97. The molecule has 1 N–H and O–H groups in total. The lowest BCUT2D eigenvalue weighted by molar-refractivity contribution is -0.117. The number of carbonyl (C=O) groups is 1. The van der Waals surface area contributed by atoms with Gasteiger partial charge in [-0.05, 0) is 30.2 Å². The third-order valence-electron chi connectivity index (χ3n) is 3.38. The smallest absolute Gasteiger partial charge is 0.278 e. The number of anilines is 1. The number of nitrogens with one attached hydrogen (secondary N) is 1. The number of rotatable bonds is 5. The summed E-state index contributed by atoms with van der Waals surface area (Å²) in [4.78, 5) is 13.7. The Morgan fingerprint density at radius 1 is 1.33 bits per heavy atom. The zero-order chi connectivity index (χ0) is 15.6. The summed E-state index contributed by atoms with van der Waals surface area (Å²) in [5, 5.41) is 0.612. The maximum atomic E-state index is 12.0. The third-order valence-corrected chi connectivity index (χ3v) is 5.12. The Morgan fingerprint density at radius 3 is 2.52 bits per heavy atom. The molecular weight excluding hydrogens is 314 g/mol. The van der Waals surface area contributed by atoms with Crippen molar-refractivity contribution in [2.75, 3.05) is 32.1 Å². The molecule has 1 unspecified atom stereocenters. The molecule has 1 heterocycles. The summed E-state index contributed by atoms with van der Waals surface area (Å²) in [5.74, 6) is -0.0470. The molecule has 0 radical (unpaired) electrons. The number of halogens is 1. The van der Waals surface area contributed by atoms with E-state index in [1.54, 1.807) is 29.2 Å². The molecule has 1 fully saturated rings. The number of hydrogen-bond acceptors (Lipinski definition) is 3. The van der Waals surface area contributed by atoms with Gasteiger partial charge in [-0.2, -0.15) is 12.7 Å². The highest BCUT2D eigenvalue weighted by Crippen LogP contribution is 2.26. The molecule has 2 rings (SSSR count). The average Bonchev–Trinajstić information content (AvgIpc) is 2.79. The molecule has 1 aliphatic heterocycles. The standard InChI is InChI=1S/C13H18ClN3O3S/c1-16(2)21(19,20)15-8-10-7-13(18)17(9-10)12-5-3-11(14)4-6-12/h3-6,10,15H,7-9H2,1-2H3. The van der Waals surface area contributed by atoms with Gasteiger partial charge in [0, 0.05) is 44.3 Å². The van der Waals surface area contributed by atoms with Crippen LogP contribution in [0.3, 0.4) is 0 Å². The predicted octanol–water partition coefficient (Wildman–Crippen LogP) is 1.09. The Balaban J connectivity index is 1.98. The van der Waals surface area contributed by atoms with Crippen molar-refractivity contribution < 1.29 is 13.2 Å². The number of nitrogens with zero attached hydrogens (tertiary/aromatic N) is 2. The van der Waals surface area contributed by atoms with E-state index in [1.165, 1.54) is 14.1 Å². The quantitative estimate of drug-likeness (QED) is 0.878. The first-order valence-electron chi connectivity index (χ1n) is 6.52. The van der Waals surface area contributed by atoms with E-state index in [0.717, 1.165) is 9.99 Å². The average molecular weight is 332 g/mol. The van der Waals surface area contributed by atoms with Gasteiger partial charge in [-0.1, -0.05) is 11.6 Å². The Morgan fingerprint density at radius 2 is 1.95 bits per heavy atom. The highest BCUT2D eigenvalue weighted by Gasteiger charge is 2.31. The van der Waals surface area contributed by atoms with Crippen molar-refractivity contribution >= 4 is 33.4 Å². The molecule has 0 saturated carbocycles. The van der Waals surface area contributed by atoms with Crippen molar-refractivity contribution in [3.8, 4) is 0 Å². The van der Waals surface area contributed by atoms with E-state index < -0.39 is 10.2 Å². The molecule has 116 valence electrons. The zero-order valence-electron chi connectivity index (χ0n) is 11.9. The second-order valence-corrected chi connectivity index (χ2v) is 7.59. The van der Waals surface area contributed by atoms with Gasteiger partial charge >= 0.3 is 0 Å². The molecule has 6 nitrogen and oxygen atoms in total. The lowest BCUT2D eigenvalue weighted by Gasteiger charge is -2.18. The summed E-state index contributed by atoms with van der Waals surface area (Å²) < 4.78 is 26.9. The van der Waals surface area contributed by atoms with E-state index >= 15 is 0 Å². The second kappa shape index (κ2) is 6.31. The van der Waals surface area contributed by atoms with E-state index in [4.69, 9.17) is 11.6 Å². The van der Waals surface area contributed by atoms with Gasteiger partial charge in [0.25, 0.3) is 10.2 Å². The van der Waals surface area contributed by atoms with E-state index in [9.17, 15) is 13.2 Å². The van der Waals surface area contributed by atoms with Crippen LogP contribution in [0.15, 0.2) is 24.3 Å². The van der Waals surface area contributed by atoms with E-state index in [-0.39, 0.29) is 18.4 Å². The summed E-state index contributed by atoms with van der Waals surface area (Å²) in [6.45, 7) is 0.743. The highest BCUT2D eigenvalue weighted by molar-refractivity contribution is 7.87. The van der Waals surface area contributed by atoms with Crippen LogP contribution in [0.5, 0.6) is 0 Å². The minimum absolute atomic E-state index is 0.00799. The van der Waals surface area contributed by atoms with Gasteiger partial charge in [0.1, 0.15) is 0 Å². The lowest BCUT2D eigenvalue weighted by Crippen LogP contribution is -2.38. The molecule has 1 aliphatic rings. The van der Waals surface area contributed by atoms with Crippen LogP contribution in [0.4, 0.5) is 5.69 Å². The van der Waals surface area contributed by atoms with Crippen LogP contribution in [0.25, 0.3) is 0 Å². The molecule has 1 saturated heterocycles. The Kier molecular flexibility index (Phi) is 4.88. The zero-order valence-corrected chi connectivity index (χ0v) is 13.5. The number of amides is 1. The van der Waals surface area contributed by atoms with Crippen molar-refractivity contribution in [1.29, 1.82) is 0 Å². The first-order valence-corrected chi connectivity index (χ1v) is 8.34. The summed E-state index contributed by atoms with van der Waals surface area (Å²) in [6, 6.07) is 7.03. The summed E-state index contributed by atoms with van der Waals surface area (Å²) in [7, 11) is -0.534. The SMILES string of the molecule is CN(C)S(=O)(=O)NCC1CC(=O)N(c2ccc(Cl)cc2)C1. The molecule has 21 heavy (non-hydrogen) atoms. The van der Waals surface area contributed by atoms with Gasteiger partial charge in [-0.25, -0.2) is 4.72 Å². The fourth-order valence-electron chi connectivity index (χ4n) is 2.14. The molecule has 0 bridgehead atoms. The van der Waals surface area contributed by atoms with Crippen LogP contribution in [0.1, 0.15) is 6.42 Å². The molecule has 1 atom stereocenters. The normalized spacial score (nSPS) is 19.5. The van der Waals surface area contributed by atoms with Crippen molar-refractivity contribution in [1.82, 2.24) is 9.03 Å². The summed E-state index contributed by atoms with van der Waals surface area (Å²) in [6.07, 6.45) is 0.332. The first kappa shape index (κ1) is 16.2. The summed E-state index contributed by atoms with van der Waals surface area (Å²) >= 11 is 5.83. The number of hydrogen-bond donors (Lipinski definition) is 1. The Hall–Kier alpha value is -1.15. The molecule has 1 amide bonds. The van der Waals surface area contributed by atoms with Crippen LogP contribution in [-0.2, 0) is 15.0 Å². The predicted molar refractivity (Wildman–Crippen MR) is 82.5 cm³/mol. The minimum atomic E-state index is -3.45. The monoisotopic (exact) mass is 331 g/mol. The Bertz CT molecular complexity index is 616. The molecular formula is C13H18ClN3O3S. The fraction of sp³-hybridized carbons (Fsp3) is 0.462. The first-order chi connectivity index (χ1) is 9.79. The molecule has 0 spiro atoms. The molecule has 1 aromatic rings. The third kappa shape index (κ3) is 3.94. The van der Waals surface area contributed by atoms with Crippen LogP contribution in [0, 0.1) is 5.92 Å². The van der Waals surface area contributed by atoms with Gasteiger partial charge in [0.05, 0.1) is 0 Å². The van der Waals surface area contributed by atoms with E-state index in [1.807, 2.05) is 0 Å². The highest BCUT2D eigenvalue weighted by atomic mass is 35.5. The van der Waals surface area contributed by atoms with Crippen LogP contribution >= 0.6 is 11.6 Å². The van der Waals surface area contributed by atoms with Crippen molar-refractivity contribution in [3.05, 3.63) is 29.3 Å². The van der Waals surface area contributed by atoms with Gasteiger partial charge in [-0.3, -0.25) is 4.79 Å². The Labute approximate surface area is 129 Å². The van der Waals surface area contributed by atoms with Crippen molar-refractivity contribution in [3.63, 3.8) is 0 Å². The molecule has 0 aromatic heterocycles. The van der Waals surface area contributed by atoms with Gasteiger partial charge in [-0.15, -0.1) is 0 Å². The van der Waals surface area contributed by atoms with Crippen molar-refractivity contribution in [2.45, 2.75) is 6.42 Å². The van der Waals surface area contributed by atoms with Gasteiger partial charge < -0.3 is 4.90 Å².